The predicted octanol–water partition coefficient (Wildman–Crippen LogP) is 1.92. The smallest absolute Gasteiger partial charge is 0.251 e. The third-order valence-electron chi connectivity index (χ3n) is 4.00. The predicted molar refractivity (Wildman–Crippen MR) is 102 cm³/mol. The lowest BCUT2D eigenvalue weighted by Gasteiger charge is -2.06. The lowest BCUT2D eigenvalue weighted by atomic mass is 10.1. The van der Waals surface area contributed by atoms with Gasteiger partial charge in [-0.2, -0.15) is 4.98 Å². The van der Waals surface area contributed by atoms with Crippen molar-refractivity contribution in [2.24, 2.45) is 0 Å². The SMILES string of the molecule is Cc1ccc(C(=O)NCCC(=O)NCCc2nc(-c3cccnc3)no2)cc1. The molecule has 0 aliphatic heterocycles. The van der Waals surface area contributed by atoms with E-state index in [4.69, 9.17) is 4.52 Å². The van der Waals surface area contributed by atoms with Gasteiger partial charge >= 0.3 is 0 Å². The van der Waals surface area contributed by atoms with Crippen LogP contribution in [0.15, 0.2) is 53.3 Å². The molecule has 0 bridgehead atoms. The van der Waals surface area contributed by atoms with Crippen LogP contribution in [0.5, 0.6) is 0 Å². The molecular weight excluding hydrogens is 358 g/mol. The van der Waals surface area contributed by atoms with Crippen molar-refractivity contribution < 1.29 is 14.1 Å². The summed E-state index contributed by atoms with van der Waals surface area (Å²) in [4.78, 5) is 32.2. The van der Waals surface area contributed by atoms with Crippen LogP contribution in [0.25, 0.3) is 11.4 Å². The molecular formula is C20H21N5O3. The highest BCUT2D eigenvalue weighted by Gasteiger charge is 2.10. The highest BCUT2D eigenvalue weighted by Crippen LogP contribution is 2.13. The van der Waals surface area contributed by atoms with E-state index in [-0.39, 0.29) is 24.8 Å². The van der Waals surface area contributed by atoms with Crippen LogP contribution in [-0.4, -0.2) is 40.0 Å². The number of aromatic nitrogens is 3. The largest absolute Gasteiger partial charge is 0.356 e. The minimum atomic E-state index is -0.193. The van der Waals surface area contributed by atoms with E-state index in [1.54, 1.807) is 30.6 Å². The normalized spacial score (nSPS) is 10.5. The maximum atomic E-state index is 12.0. The molecule has 8 heteroatoms. The van der Waals surface area contributed by atoms with Gasteiger partial charge in [0.1, 0.15) is 0 Å². The molecule has 0 fully saturated rings. The first-order chi connectivity index (χ1) is 13.6. The van der Waals surface area contributed by atoms with Crippen molar-refractivity contribution in [2.45, 2.75) is 19.8 Å². The summed E-state index contributed by atoms with van der Waals surface area (Å²) in [6.07, 6.45) is 3.95. The first-order valence-corrected chi connectivity index (χ1v) is 8.96. The van der Waals surface area contributed by atoms with Gasteiger partial charge in [0.15, 0.2) is 0 Å². The van der Waals surface area contributed by atoms with Crippen molar-refractivity contribution in [1.82, 2.24) is 25.8 Å². The van der Waals surface area contributed by atoms with Gasteiger partial charge in [-0.15, -0.1) is 0 Å². The zero-order valence-electron chi connectivity index (χ0n) is 15.5. The van der Waals surface area contributed by atoms with Gasteiger partial charge in [0.05, 0.1) is 0 Å². The Morgan fingerprint density at radius 3 is 2.64 bits per heavy atom. The van der Waals surface area contributed by atoms with E-state index in [0.717, 1.165) is 11.1 Å². The summed E-state index contributed by atoms with van der Waals surface area (Å²) in [6, 6.07) is 10.9. The van der Waals surface area contributed by atoms with Gasteiger partial charge in [-0.05, 0) is 31.2 Å². The lowest BCUT2D eigenvalue weighted by molar-refractivity contribution is -0.120. The second kappa shape index (κ2) is 9.40. The van der Waals surface area contributed by atoms with E-state index in [1.807, 2.05) is 25.1 Å². The molecule has 3 aromatic rings. The van der Waals surface area contributed by atoms with Gasteiger partial charge in [0.25, 0.3) is 5.91 Å². The van der Waals surface area contributed by atoms with Crippen molar-refractivity contribution in [3.05, 3.63) is 65.8 Å². The maximum absolute atomic E-state index is 12.0. The molecule has 0 saturated carbocycles. The van der Waals surface area contributed by atoms with Crippen molar-refractivity contribution in [3.8, 4) is 11.4 Å². The Hall–Kier alpha value is -3.55. The summed E-state index contributed by atoms with van der Waals surface area (Å²) in [5.41, 5.74) is 2.43. The van der Waals surface area contributed by atoms with E-state index in [1.165, 1.54) is 0 Å². The van der Waals surface area contributed by atoms with Crippen LogP contribution < -0.4 is 10.6 Å². The van der Waals surface area contributed by atoms with Gasteiger partial charge in [0, 0.05) is 49.5 Å². The summed E-state index contributed by atoms with van der Waals surface area (Å²) < 4.78 is 5.17. The molecule has 0 atom stereocenters. The van der Waals surface area contributed by atoms with Gasteiger partial charge in [-0.3, -0.25) is 14.6 Å². The highest BCUT2D eigenvalue weighted by atomic mass is 16.5. The van der Waals surface area contributed by atoms with Crippen LogP contribution in [-0.2, 0) is 11.2 Å². The molecule has 8 nitrogen and oxygen atoms in total. The quantitative estimate of drug-likeness (QED) is 0.619. The number of nitrogens with one attached hydrogen (secondary N) is 2. The highest BCUT2D eigenvalue weighted by molar-refractivity contribution is 5.94. The number of aryl methyl sites for hydroxylation is 1. The van der Waals surface area contributed by atoms with E-state index in [0.29, 0.717) is 30.2 Å². The van der Waals surface area contributed by atoms with E-state index < -0.39 is 0 Å². The Bertz CT molecular complexity index is 923. The standard InChI is InChI=1S/C20H21N5O3/c1-14-4-6-15(7-5-14)20(27)23-11-8-17(26)22-12-9-18-24-19(25-28-18)16-3-2-10-21-13-16/h2-7,10,13H,8-9,11-12H2,1H3,(H,22,26)(H,23,27). The molecule has 0 unspecified atom stereocenters. The van der Waals surface area contributed by atoms with Gasteiger partial charge in [0.2, 0.25) is 17.6 Å². The molecule has 2 N–H and O–H groups in total. The molecule has 2 amide bonds. The van der Waals surface area contributed by atoms with Crippen LogP contribution in [0.4, 0.5) is 0 Å². The van der Waals surface area contributed by atoms with Crippen molar-refractivity contribution >= 4 is 11.8 Å². The number of hydrogen-bond donors (Lipinski definition) is 2. The Balaban J connectivity index is 1.35. The number of carbonyl (C=O) groups excluding carboxylic acids is 2. The fourth-order valence-electron chi connectivity index (χ4n) is 2.46. The molecule has 2 aromatic heterocycles. The average Bonchev–Trinajstić information content (AvgIpc) is 3.18. The molecule has 0 aliphatic rings. The van der Waals surface area contributed by atoms with E-state index in [9.17, 15) is 9.59 Å². The average molecular weight is 379 g/mol. The molecule has 3 rings (SSSR count). The van der Waals surface area contributed by atoms with Crippen molar-refractivity contribution in [3.63, 3.8) is 0 Å². The summed E-state index contributed by atoms with van der Waals surface area (Å²) in [5.74, 6) is 0.554. The van der Waals surface area contributed by atoms with Crippen LogP contribution in [0.2, 0.25) is 0 Å². The second-order valence-corrected chi connectivity index (χ2v) is 6.23. The minimum Gasteiger partial charge on any atom is -0.356 e. The first kappa shape index (κ1) is 19.2. The van der Waals surface area contributed by atoms with Crippen molar-refractivity contribution in [1.29, 1.82) is 0 Å². The zero-order valence-corrected chi connectivity index (χ0v) is 15.5. The molecule has 28 heavy (non-hydrogen) atoms. The summed E-state index contributed by atoms with van der Waals surface area (Å²) >= 11 is 0. The number of carbonyl (C=O) groups is 2. The van der Waals surface area contributed by atoms with Crippen molar-refractivity contribution in [2.75, 3.05) is 13.1 Å². The third-order valence-corrected chi connectivity index (χ3v) is 4.00. The van der Waals surface area contributed by atoms with Gasteiger partial charge in [-0.1, -0.05) is 22.9 Å². The number of rotatable bonds is 8. The molecule has 0 radical (unpaired) electrons. The van der Waals surface area contributed by atoms with Gasteiger partial charge < -0.3 is 15.2 Å². The third kappa shape index (κ3) is 5.47. The number of nitrogens with zero attached hydrogens (tertiary/aromatic N) is 3. The molecule has 144 valence electrons. The molecule has 2 heterocycles. The molecule has 1 aromatic carbocycles. The monoisotopic (exact) mass is 379 g/mol. The summed E-state index contributed by atoms with van der Waals surface area (Å²) in [7, 11) is 0. The zero-order chi connectivity index (χ0) is 19.8. The topological polar surface area (TPSA) is 110 Å². The lowest BCUT2D eigenvalue weighted by Crippen LogP contribution is -2.31. The van der Waals surface area contributed by atoms with E-state index >= 15 is 0 Å². The van der Waals surface area contributed by atoms with Gasteiger partial charge in [-0.25, -0.2) is 0 Å². The fourth-order valence-corrected chi connectivity index (χ4v) is 2.46. The Labute approximate surface area is 162 Å². The summed E-state index contributed by atoms with van der Waals surface area (Å²) in [5, 5.41) is 9.40. The van der Waals surface area contributed by atoms with Crippen LogP contribution >= 0.6 is 0 Å². The first-order valence-electron chi connectivity index (χ1n) is 8.96. The van der Waals surface area contributed by atoms with Crippen LogP contribution in [0, 0.1) is 6.92 Å². The molecule has 0 aliphatic carbocycles. The number of hydrogen-bond acceptors (Lipinski definition) is 6. The maximum Gasteiger partial charge on any atom is 0.251 e. The number of pyridine rings is 1. The van der Waals surface area contributed by atoms with Crippen LogP contribution in [0.1, 0.15) is 28.2 Å². The van der Waals surface area contributed by atoms with E-state index in [2.05, 4.69) is 25.8 Å². The van der Waals surface area contributed by atoms with Crippen LogP contribution in [0.3, 0.4) is 0 Å². The number of benzene rings is 1. The summed E-state index contributed by atoms with van der Waals surface area (Å²) in [6.45, 7) is 2.60. The molecule has 0 spiro atoms. The minimum absolute atomic E-state index is 0.156. The fraction of sp³-hybridized carbons (Fsp3) is 0.250. The number of amides is 2. The molecule has 0 saturated heterocycles. The Morgan fingerprint density at radius 1 is 1.07 bits per heavy atom. The Kier molecular flexibility index (Phi) is 6.46. The second-order valence-electron chi connectivity index (χ2n) is 6.23. The Morgan fingerprint density at radius 2 is 1.89 bits per heavy atom.